The maximum absolute atomic E-state index is 9.31. The molecule has 1 unspecified atom stereocenters. The number of benzene rings is 1. The molecule has 0 bridgehead atoms. The van der Waals surface area contributed by atoms with Crippen LogP contribution >= 0.6 is 0 Å². The van der Waals surface area contributed by atoms with Gasteiger partial charge in [-0.1, -0.05) is 30.3 Å². The summed E-state index contributed by atoms with van der Waals surface area (Å²) in [5, 5.41) is 12.4. The van der Waals surface area contributed by atoms with Gasteiger partial charge in [0.15, 0.2) is 5.82 Å². The molecule has 0 amide bonds. The molecule has 0 aliphatic carbocycles. The van der Waals surface area contributed by atoms with E-state index >= 15 is 0 Å². The first-order valence-corrected chi connectivity index (χ1v) is 6.54. The number of aliphatic hydroxyl groups is 1. The number of aliphatic hydroxyl groups excluding tert-OH is 1. The van der Waals surface area contributed by atoms with Crippen molar-refractivity contribution in [1.29, 1.82) is 0 Å². The van der Waals surface area contributed by atoms with Crippen LogP contribution in [0, 0.1) is 0 Å². The predicted octanol–water partition coefficient (Wildman–Crippen LogP) is 0.848. The molecule has 0 radical (unpaired) electrons. The third-order valence-electron chi connectivity index (χ3n) is 2.85. The van der Waals surface area contributed by atoms with Gasteiger partial charge in [-0.05, 0) is 0 Å². The van der Waals surface area contributed by atoms with Gasteiger partial charge in [0.1, 0.15) is 11.6 Å². The number of anilines is 2. The fourth-order valence-corrected chi connectivity index (χ4v) is 1.86. The van der Waals surface area contributed by atoms with E-state index in [1.807, 2.05) is 30.3 Å². The summed E-state index contributed by atoms with van der Waals surface area (Å²) in [6.45, 7) is 0.302. The second-order valence-electron chi connectivity index (χ2n) is 4.45. The highest BCUT2D eigenvalue weighted by Gasteiger charge is 2.11. The second-order valence-corrected chi connectivity index (χ2v) is 4.45. The van der Waals surface area contributed by atoms with E-state index in [-0.39, 0.29) is 12.6 Å². The number of methoxy groups -OCH3 is 1. The molecule has 2 aromatic rings. The summed E-state index contributed by atoms with van der Waals surface area (Å²) in [4.78, 5) is 8.76. The lowest BCUT2D eigenvalue weighted by Crippen LogP contribution is -2.29. The Hall–Kier alpha value is -2.22. The maximum Gasteiger partial charge on any atom is 0.163 e. The van der Waals surface area contributed by atoms with Crippen molar-refractivity contribution in [2.75, 3.05) is 31.1 Å². The van der Waals surface area contributed by atoms with Crippen LogP contribution in [0.4, 0.5) is 11.6 Å². The Morgan fingerprint density at radius 1 is 1.24 bits per heavy atom. The van der Waals surface area contributed by atoms with Crippen molar-refractivity contribution in [2.45, 2.75) is 6.04 Å². The minimum atomic E-state index is -0.251. The number of rotatable bonds is 7. The van der Waals surface area contributed by atoms with Gasteiger partial charge in [0.05, 0.1) is 19.3 Å². The van der Waals surface area contributed by atoms with E-state index in [0.29, 0.717) is 24.1 Å². The van der Waals surface area contributed by atoms with Crippen molar-refractivity contribution in [1.82, 2.24) is 9.97 Å². The number of nitrogens with two attached hydrogens (primary N) is 1. The molecule has 0 spiro atoms. The molecule has 0 aliphatic heterocycles. The average molecular weight is 289 g/mol. The van der Waals surface area contributed by atoms with Crippen molar-refractivity contribution < 1.29 is 9.84 Å². The Kier molecular flexibility index (Phi) is 5.44. The number of hydrazine groups is 1. The molecule has 1 aromatic heterocycles. The van der Waals surface area contributed by atoms with Crippen molar-refractivity contribution >= 4 is 11.6 Å². The minimum Gasteiger partial charge on any atom is -0.394 e. The Bertz CT molecular complexity index is 565. The number of nitrogens with one attached hydrogen (secondary N) is 2. The zero-order valence-corrected chi connectivity index (χ0v) is 11.8. The summed E-state index contributed by atoms with van der Waals surface area (Å²) in [6.07, 6.45) is 0. The van der Waals surface area contributed by atoms with Gasteiger partial charge < -0.3 is 20.6 Å². The van der Waals surface area contributed by atoms with E-state index in [1.165, 1.54) is 0 Å². The van der Waals surface area contributed by atoms with Crippen LogP contribution < -0.4 is 16.6 Å². The zero-order valence-electron chi connectivity index (χ0n) is 11.8. The Morgan fingerprint density at radius 2 is 1.95 bits per heavy atom. The van der Waals surface area contributed by atoms with Crippen LogP contribution in [-0.2, 0) is 4.74 Å². The topological polar surface area (TPSA) is 105 Å². The first-order chi connectivity index (χ1) is 10.3. The fourth-order valence-electron chi connectivity index (χ4n) is 1.86. The standard InChI is InChI=1S/C14H19N5O2/c1-21-9-11(8-20)16-12-7-13(19-15)18-14(17-12)10-5-3-2-4-6-10/h2-7,11,20H,8-9,15H2,1H3,(H2,16,17,18,19). The van der Waals surface area contributed by atoms with Gasteiger partial charge in [0.25, 0.3) is 0 Å². The number of ether oxygens (including phenoxy) is 1. The highest BCUT2D eigenvalue weighted by atomic mass is 16.5. The molecule has 1 atom stereocenters. The molecule has 0 fully saturated rings. The number of nitrogens with zero attached hydrogens (tertiary/aromatic N) is 2. The van der Waals surface area contributed by atoms with Gasteiger partial charge in [-0.25, -0.2) is 15.8 Å². The molecule has 7 heteroatoms. The number of aromatic nitrogens is 2. The molecular formula is C14H19N5O2. The van der Waals surface area contributed by atoms with E-state index < -0.39 is 0 Å². The summed E-state index contributed by atoms with van der Waals surface area (Å²) in [5.41, 5.74) is 3.40. The smallest absolute Gasteiger partial charge is 0.163 e. The molecule has 0 saturated heterocycles. The Balaban J connectivity index is 2.29. The third kappa shape index (κ3) is 4.12. The van der Waals surface area contributed by atoms with Gasteiger partial charge in [-0.3, -0.25) is 0 Å². The van der Waals surface area contributed by atoms with E-state index in [9.17, 15) is 5.11 Å². The lowest BCUT2D eigenvalue weighted by atomic mass is 10.2. The van der Waals surface area contributed by atoms with E-state index in [1.54, 1.807) is 13.2 Å². The highest BCUT2D eigenvalue weighted by molar-refractivity contribution is 5.61. The molecule has 5 N–H and O–H groups in total. The van der Waals surface area contributed by atoms with Crippen molar-refractivity contribution in [2.24, 2.45) is 5.84 Å². The summed E-state index contributed by atoms with van der Waals surface area (Å²) in [5.74, 6) is 7.04. The summed E-state index contributed by atoms with van der Waals surface area (Å²) >= 11 is 0. The van der Waals surface area contributed by atoms with Crippen LogP contribution in [0.3, 0.4) is 0 Å². The SMILES string of the molecule is COCC(CO)Nc1cc(NN)nc(-c2ccccc2)n1. The summed E-state index contributed by atoms with van der Waals surface area (Å²) in [7, 11) is 1.58. The molecule has 0 aliphatic rings. The number of nitrogen functional groups attached to an aromatic ring is 1. The Labute approximate surface area is 123 Å². The fraction of sp³-hybridized carbons (Fsp3) is 0.286. The van der Waals surface area contributed by atoms with Crippen LogP contribution in [0.5, 0.6) is 0 Å². The van der Waals surface area contributed by atoms with Crippen LogP contribution in [0.1, 0.15) is 0 Å². The van der Waals surface area contributed by atoms with Crippen LogP contribution in [-0.4, -0.2) is 41.4 Å². The maximum atomic E-state index is 9.31. The highest BCUT2D eigenvalue weighted by Crippen LogP contribution is 2.20. The van der Waals surface area contributed by atoms with Gasteiger partial charge in [0.2, 0.25) is 0 Å². The van der Waals surface area contributed by atoms with Gasteiger partial charge >= 0.3 is 0 Å². The van der Waals surface area contributed by atoms with Crippen LogP contribution in [0.25, 0.3) is 11.4 Å². The van der Waals surface area contributed by atoms with Crippen LogP contribution in [0.2, 0.25) is 0 Å². The molecule has 21 heavy (non-hydrogen) atoms. The van der Waals surface area contributed by atoms with E-state index in [0.717, 1.165) is 5.56 Å². The minimum absolute atomic E-state index is 0.0656. The number of hydrogen-bond donors (Lipinski definition) is 4. The van der Waals surface area contributed by atoms with E-state index in [4.69, 9.17) is 10.6 Å². The summed E-state index contributed by atoms with van der Waals surface area (Å²) in [6, 6.07) is 11.0. The lowest BCUT2D eigenvalue weighted by molar-refractivity contribution is 0.153. The molecule has 1 aromatic carbocycles. The molecule has 112 valence electrons. The lowest BCUT2D eigenvalue weighted by Gasteiger charge is -2.17. The quantitative estimate of drug-likeness (QED) is 0.442. The zero-order chi connectivity index (χ0) is 15.1. The molecule has 2 rings (SSSR count). The second kappa shape index (κ2) is 7.53. The predicted molar refractivity (Wildman–Crippen MR) is 81.7 cm³/mol. The summed E-state index contributed by atoms with van der Waals surface area (Å²) < 4.78 is 5.03. The number of hydrogen-bond acceptors (Lipinski definition) is 7. The van der Waals surface area contributed by atoms with Crippen molar-refractivity contribution in [3.8, 4) is 11.4 Å². The normalized spacial score (nSPS) is 12.0. The largest absolute Gasteiger partial charge is 0.394 e. The first kappa shape index (κ1) is 15.2. The van der Waals surface area contributed by atoms with Gasteiger partial charge in [-0.15, -0.1) is 0 Å². The van der Waals surface area contributed by atoms with Crippen molar-refractivity contribution in [3.05, 3.63) is 36.4 Å². The molecular weight excluding hydrogens is 270 g/mol. The first-order valence-electron chi connectivity index (χ1n) is 6.54. The average Bonchev–Trinajstić information content (AvgIpc) is 2.55. The Morgan fingerprint density at radius 3 is 2.57 bits per heavy atom. The monoisotopic (exact) mass is 289 g/mol. The molecule has 0 saturated carbocycles. The third-order valence-corrected chi connectivity index (χ3v) is 2.85. The van der Waals surface area contributed by atoms with Crippen LogP contribution in [0.15, 0.2) is 36.4 Å². The molecule has 7 nitrogen and oxygen atoms in total. The van der Waals surface area contributed by atoms with Gasteiger partial charge in [-0.2, -0.15) is 0 Å². The van der Waals surface area contributed by atoms with E-state index in [2.05, 4.69) is 20.7 Å². The van der Waals surface area contributed by atoms with Crippen molar-refractivity contribution in [3.63, 3.8) is 0 Å². The molecule has 1 heterocycles. The van der Waals surface area contributed by atoms with Gasteiger partial charge in [0, 0.05) is 18.7 Å².